The molecule has 2 aromatic rings. The first-order valence-electron chi connectivity index (χ1n) is 5.10. The van der Waals surface area contributed by atoms with Crippen molar-refractivity contribution in [2.45, 2.75) is 13.3 Å². The van der Waals surface area contributed by atoms with E-state index in [4.69, 9.17) is 16.7 Å². The minimum Gasteiger partial charge on any atom is -0.476 e. The molecule has 0 bridgehead atoms. The molecular formula is C12H10ClNO2S. The Morgan fingerprint density at radius 1 is 1.41 bits per heavy atom. The third kappa shape index (κ3) is 2.48. The van der Waals surface area contributed by atoms with Crippen LogP contribution in [-0.4, -0.2) is 16.1 Å². The number of rotatable bonds is 3. The van der Waals surface area contributed by atoms with Crippen molar-refractivity contribution < 1.29 is 9.90 Å². The lowest BCUT2D eigenvalue weighted by atomic mass is 10.1. The monoisotopic (exact) mass is 267 g/mol. The summed E-state index contributed by atoms with van der Waals surface area (Å²) in [5.41, 5.74) is 0.957. The summed E-state index contributed by atoms with van der Waals surface area (Å²) < 4.78 is 0. The molecule has 0 fully saturated rings. The lowest BCUT2D eigenvalue weighted by Crippen LogP contribution is -1.99. The van der Waals surface area contributed by atoms with Crippen molar-refractivity contribution in [2.24, 2.45) is 0 Å². The fraction of sp³-hybridized carbons (Fsp3) is 0.167. The molecule has 17 heavy (non-hydrogen) atoms. The van der Waals surface area contributed by atoms with Crippen molar-refractivity contribution in [2.75, 3.05) is 0 Å². The smallest absolute Gasteiger partial charge is 0.356 e. The second kappa shape index (κ2) is 4.85. The summed E-state index contributed by atoms with van der Waals surface area (Å²) in [7, 11) is 0. The fourth-order valence-corrected chi connectivity index (χ4v) is 2.58. The van der Waals surface area contributed by atoms with E-state index in [2.05, 4.69) is 4.98 Å². The Bertz CT molecular complexity index is 548. The van der Waals surface area contributed by atoms with Gasteiger partial charge in [0.2, 0.25) is 0 Å². The summed E-state index contributed by atoms with van der Waals surface area (Å²) in [6.07, 6.45) is 0.735. The molecule has 0 atom stereocenters. The van der Waals surface area contributed by atoms with Crippen LogP contribution in [0.5, 0.6) is 0 Å². The van der Waals surface area contributed by atoms with Crippen molar-refractivity contribution in [3.63, 3.8) is 0 Å². The second-order valence-corrected chi connectivity index (χ2v) is 4.97. The Labute approximate surface area is 108 Å². The molecule has 88 valence electrons. The van der Waals surface area contributed by atoms with E-state index >= 15 is 0 Å². The number of carboxylic acid groups (broad SMARTS) is 1. The summed E-state index contributed by atoms with van der Waals surface area (Å²) >= 11 is 7.22. The molecule has 0 aliphatic rings. The predicted octanol–water partition coefficient (Wildman–Crippen LogP) is 3.72. The van der Waals surface area contributed by atoms with Crippen LogP contribution in [0.15, 0.2) is 24.3 Å². The number of halogens is 1. The minimum atomic E-state index is -0.995. The molecule has 0 aliphatic carbocycles. The van der Waals surface area contributed by atoms with E-state index in [0.717, 1.165) is 17.0 Å². The normalized spacial score (nSPS) is 10.5. The van der Waals surface area contributed by atoms with E-state index in [9.17, 15) is 4.79 Å². The molecule has 3 nitrogen and oxygen atoms in total. The number of thiazole rings is 1. The number of aromatic nitrogens is 1. The maximum absolute atomic E-state index is 11.1. The average molecular weight is 268 g/mol. The number of hydrogen-bond acceptors (Lipinski definition) is 3. The first kappa shape index (κ1) is 12.1. The van der Waals surface area contributed by atoms with Crippen molar-refractivity contribution in [3.8, 4) is 10.4 Å². The van der Waals surface area contributed by atoms with Crippen LogP contribution in [0.3, 0.4) is 0 Å². The summed E-state index contributed by atoms with van der Waals surface area (Å²) in [6, 6.07) is 7.10. The molecule has 0 saturated heterocycles. The van der Waals surface area contributed by atoms with Gasteiger partial charge in [-0.05, 0) is 24.1 Å². The highest BCUT2D eigenvalue weighted by Gasteiger charge is 2.17. The van der Waals surface area contributed by atoms with Crippen LogP contribution in [-0.2, 0) is 6.42 Å². The average Bonchev–Trinajstić information content (AvgIpc) is 2.74. The van der Waals surface area contributed by atoms with E-state index in [1.54, 1.807) is 12.1 Å². The van der Waals surface area contributed by atoms with Gasteiger partial charge in [-0.1, -0.05) is 30.7 Å². The van der Waals surface area contributed by atoms with Gasteiger partial charge in [-0.2, -0.15) is 0 Å². The van der Waals surface area contributed by atoms with Gasteiger partial charge in [0.05, 0.1) is 9.88 Å². The molecule has 1 aromatic carbocycles. The fourth-order valence-electron chi connectivity index (χ4n) is 1.46. The van der Waals surface area contributed by atoms with Crippen LogP contribution in [0.25, 0.3) is 10.4 Å². The molecule has 1 aromatic heterocycles. The lowest BCUT2D eigenvalue weighted by molar-refractivity contribution is 0.0692. The highest BCUT2D eigenvalue weighted by molar-refractivity contribution is 7.15. The predicted molar refractivity (Wildman–Crippen MR) is 68.9 cm³/mol. The molecule has 1 heterocycles. The van der Waals surface area contributed by atoms with Crippen LogP contribution >= 0.6 is 22.9 Å². The number of aromatic carboxylic acids is 1. The number of carboxylic acids is 1. The van der Waals surface area contributed by atoms with E-state index in [1.807, 2.05) is 19.1 Å². The van der Waals surface area contributed by atoms with Gasteiger partial charge in [-0.25, -0.2) is 9.78 Å². The van der Waals surface area contributed by atoms with Gasteiger partial charge in [0, 0.05) is 5.02 Å². The zero-order chi connectivity index (χ0) is 12.4. The van der Waals surface area contributed by atoms with E-state index < -0.39 is 5.97 Å². The Hall–Kier alpha value is -1.39. The Kier molecular flexibility index (Phi) is 3.45. The van der Waals surface area contributed by atoms with Crippen LogP contribution in [0.4, 0.5) is 0 Å². The SMILES string of the molecule is CCc1nc(C(=O)O)c(-c2ccc(Cl)cc2)s1. The number of hydrogen-bond donors (Lipinski definition) is 1. The molecule has 5 heteroatoms. The zero-order valence-corrected chi connectivity index (χ0v) is 10.7. The van der Waals surface area contributed by atoms with Gasteiger partial charge in [-0.15, -0.1) is 11.3 Å². The molecule has 0 amide bonds. The van der Waals surface area contributed by atoms with Crippen LogP contribution in [0, 0.1) is 0 Å². The first-order valence-corrected chi connectivity index (χ1v) is 6.30. The van der Waals surface area contributed by atoms with Gasteiger partial charge in [-0.3, -0.25) is 0 Å². The zero-order valence-electron chi connectivity index (χ0n) is 9.11. The van der Waals surface area contributed by atoms with E-state index in [0.29, 0.717) is 9.90 Å². The van der Waals surface area contributed by atoms with Gasteiger partial charge in [0.15, 0.2) is 5.69 Å². The number of benzene rings is 1. The molecule has 0 unspecified atom stereocenters. The standard InChI is InChI=1S/C12H10ClNO2S/c1-2-9-14-10(12(15)16)11(17-9)7-3-5-8(13)6-4-7/h3-6H,2H2,1H3,(H,15,16). The highest BCUT2D eigenvalue weighted by atomic mass is 35.5. The Morgan fingerprint density at radius 3 is 2.59 bits per heavy atom. The Morgan fingerprint density at radius 2 is 2.06 bits per heavy atom. The summed E-state index contributed by atoms with van der Waals surface area (Å²) in [5, 5.41) is 10.6. The van der Waals surface area contributed by atoms with Gasteiger partial charge < -0.3 is 5.11 Å². The second-order valence-electron chi connectivity index (χ2n) is 3.45. The molecule has 0 saturated carbocycles. The summed E-state index contributed by atoms with van der Waals surface area (Å²) in [4.78, 5) is 15.9. The molecule has 2 rings (SSSR count). The minimum absolute atomic E-state index is 0.120. The molecule has 0 radical (unpaired) electrons. The maximum Gasteiger partial charge on any atom is 0.356 e. The topological polar surface area (TPSA) is 50.2 Å². The third-order valence-electron chi connectivity index (χ3n) is 2.28. The summed E-state index contributed by atoms with van der Waals surface area (Å²) in [6.45, 7) is 1.95. The van der Waals surface area contributed by atoms with Crippen molar-refractivity contribution in [1.82, 2.24) is 4.98 Å². The molecular weight excluding hydrogens is 258 g/mol. The largest absolute Gasteiger partial charge is 0.476 e. The number of carbonyl (C=O) groups is 1. The quantitative estimate of drug-likeness (QED) is 0.922. The van der Waals surface area contributed by atoms with Crippen molar-refractivity contribution in [1.29, 1.82) is 0 Å². The summed E-state index contributed by atoms with van der Waals surface area (Å²) in [5.74, 6) is -0.995. The third-order valence-corrected chi connectivity index (χ3v) is 3.78. The lowest BCUT2D eigenvalue weighted by Gasteiger charge is -1.98. The van der Waals surface area contributed by atoms with Crippen molar-refractivity contribution >= 4 is 28.9 Å². The molecule has 0 aliphatic heterocycles. The van der Waals surface area contributed by atoms with Crippen LogP contribution in [0.1, 0.15) is 22.4 Å². The molecule has 1 N–H and O–H groups in total. The maximum atomic E-state index is 11.1. The molecule has 0 spiro atoms. The van der Waals surface area contributed by atoms with Gasteiger partial charge in [0.25, 0.3) is 0 Å². The highest BCUT2D eigenvalue weighted by Crippen LogP contribution is 2.31. The van der Waals surface area contributed by atoms with Crippen LogP contribution in [0.2, 0.25) is 5.02 Å². The number of aryl methyl sites for hydroxylation is 1. The first-order chi connectivity index (χ1) is 8.11. The van der Waals surface area contributed by atoms with E-state index in [1.165, 1.54) is 11.3 Å². The number of nitrogens with zero attached hydrogens (tertiary/aromatic N) is 1. The van der Waals surface area contributed by atoms with E-state index in [-0.39, 0.29) is 5.69 Å². The van der Waals surface area contributed by atoms with Gasteiger partial charge in [0.1, 0.15) is 0 Å². The van der Waals surface area contributed by atoms with Crippen molar-refractivity contribution in [3.05, 3.63) is 40.0 Å². The van der Waals surface area contributed by atoms with Crippen LogP contribution < -0.4 is 0 Å². The Balaban J connectivity index is 2.53. The van der Waals surface area contributed by atoms with Gasteiger partial charge >= 0.3 is 5.97 Å².